The third-order valence-corrected chi connectivity index (χ3v) is 9.52. The second-order valence-electron chi connectivity index (χ2n) is 11.2. The topological polar surface area (TPSA) is 230 Å². The molecule has 0 unspecified atom stereocenters. The first-order valence-electron chi connectivity index (χ1n) is 14.4. The summed E-state index contributed by atoms with van der Waals surface area (Å²) in [5.74, 6) is -1.20. The first kappa shape index (κ1) is 40.0. The van der Waals surface area contributed by atoms with Gasteiger partial charge in [0.25, 0.3) is 20.2 Å². The van der Waals surface area contributed by atoms with Crippen molar-refractivity contribution in [2.24, 2.45) is 20.5 Å². The molecule has 6 rings (SSSR count). The predicted octanol–water partition coefficient (Wildman–Crippen LogP) is 1.34. The molecule has 0 aliphatic carbocycles. The molecule has 0 saturated carbocycles. The minimum absolute atomic E-state index is 0. The van der Waals surface area contributed by atoms with Crippen molar-refractivity contribution in [3.63, 3.8) is 0 Å². The number of benzene rings is 6. The van der Waals surface area contributed by atoms with Crippen LogP contribution in [0.5, 0.6) is 11.5 Å². The molecule has 4 N–H and O–H groups in total. The molecule has 17 heteroatoms. The Morgan fingerprint density at radius 1 is 0.588 bits per heavy atom. The molecule has 6 aromatic rings. The van der Waals surface area contributed by atoms with E-state index in [1.165, 1.54) is 6.07 Å². The van der Waals surface area contributed by atoms with Gasteiger partial charge < -0.3 is 15.9 Å². The van der Waals surface area contributed by atoms with Crippen LogP contribution in [0.3, 0.4) is 0 Å². The number of rotatable bonds is 7. The molecule has 6 aromatic carbocycles. The van der Waals surface area contributed by atoms with Crippen LogP contribution >= 0.6 is 0 Å². The second kappa shape index (κ2) is 15.5. The Morgan fingerprint density at radius 3 is 1.71 bits per heavy atom. The summed E-state index contributed by atoms with van der Waals surface area (Å²) in [6.07, 6.45) is 0. The van der Waals surface area contributed by atoms with E-state index in [1.807, 2.05) is 31.2 Å². The van der Waals surface area contributed by atoms with Gasteiger partial charge in [-0.1, -0.05) is 47.9 Å². The van der Waals surface area contributed by atoms with Crippen LogP contribution in [-0.2, 0) is 20.2 Å². The smallest absolute Gasteiger partial charge is 0.871 e. The van der Waals surface area contributed by atoms with Crippen LogP contribution in [-0.4, -0.2) is 25.9 Å². The normalized spacial score (nSPS) is 12.0. The summed E-state index contributed by atoms with van der Waals surface area (Å²) in [5, 5.41) is 43.5. The second-order valence-corrected chi connectivity index (χ2v) is 14.0. The Kier molecular flexibility index (Phi) is 12.1. The Hall–Kier alpha value is -3.74. The maximum atomic E-state index is 13.2. The summed E-state index contributed by atoms with van der Waals surface area (Å²) in [5.41, 5.74) is 9.85. The number of azo groups is 2. The van der Waals surface area contributed by atoms with Crippen molar-refractivity contribution in [1.82, 2.24) is 0 Å². The first-order valence-corrected chi connectivity index (χ1v) is 17.3. The van der Waals surface area contributed by atoms with Gasteiger partial charge in [0, 0.05) is 11.1 Å². The molecule has 0 aliphatic rings. The van der Waals surface area contributed by atoms with Crippen molar-refractivity contribution in [3.8, 4) is 22.6 Å². The monoisotopic (exact) mass is 741 g/mol. The minimum Gasteiger partial charge on any atom is -0.871 e. The molecule has 0 radical (unpaired) electrons. The summed E-state index contributed by atoms with van der Waals surface area (Å²) in [7, 11) is -9.64. The molecule has 0 atom stereocenters. The van der Waals surface area contributed by atoms with E-state index in [1.54, 1.807) is 43.3 Å². The van der Waals surface area contributed by atoms with Crippen LogP contribution in [0.25, 0.3) is 32.7 Å². The standard InChI is InChI=1S/C34H27N5O8S2.2Na/c1-18-13-21(4-10-28(18)36-38-32-27-17-24(35)7-3-20(27)6-12-30(32)40)22-5-11-29(19(2)14-22)37-39-33-31(49(45,46)47)16-23-15-25(48(42,43)44)8-9-26(23)34(33)41;;/h3-17,40-41H,35H2,1-2H3,(H,42,43,44)(H,45,46,47);;/q;2*+1/p-2. The molecule has 13 nitrogen and oxygen atoms in total. The average molecular weight is 742 g/mol. The van der Waals surface area contributed by atoms with Crippen molar-refractivity contribution in [3.05, 3.63) is 102 Å². The molecule has 0 spiro atoms. The van der Waals surface area contributed by atoms with Crippen molar-refractivity contribution in [2.75, 3.05) is 5.73 Å². The molecule has 0 heterocycles. The zero-order chi connectivity index (χ0) is 35.2. The molecular weight excluding hydrogens is 717 g/mol. The van der Waals surface area contributed by atoms with Gasteiger partial charge in [0.2, 0.25) is 0 Å². The van der Waals surface area contributed by atoms with E-state index in [0.29, 0.717) is 28.0 Å². The van der Waals surface area contributed by atoms with Gasteiger partial charge in [0.1, 0.15) is 4.90 Å². The van der Waals surface area contributed by atoms with E-state index in [-0.39, 0.29) is 81.3 Å². The van der Waals surface area contributed by atoms with Crippen LogP contribution in [0, 0.1) is 13.8 Å². The summed E-state index contributed by atoms with van der Waals surface area (Å²) in [6.45, 7) is 3.59. The number of nitrogens with two attached hydrogens (primary N) is 1. The van der Waals surface area contributed by atoms with Gasteiger partial charge in [-0.3, -0.25) is 9.11 Å². The van der Waals surface area contributed by atoms with Gasteiger partial charge in [-0.2, -0.15) is 32.2 Å². The van der Waals surface area contributed by atoms with Crippen LogP contribution in [0.1, 0.15) is 11.1 Å². The number of hydrogen-bond acceptors (Lipinski definition) is 11. The summed E-state index contributed by atoms with van der Waals surface area (Å²) < 4.78 is 66.6. The SMILES string of the molecule is Cc1cc(-c2ccc(N=Nc3c([O-])ccc4ccc(N)cc34)c(C)c2)ccc1N=Nc1c(S(=O)(=O)O)cc2cc(S(=O)(=O)O)ccc2c1[O-].[Na+].[Na+]. The van der Waals surface area contributed by atoms with Crippen LogP contribution < -0.4 is 75.1 Å². The zero-order valence-electron chi connectivity index (χ0n) is 27.7. The van der Waals surface area contributed by atoms with E-state index >= 15 is 0 Å². The minimum atomic E-state index is -5.00. The number of anilines is 1. The maximum absolute atomic E-state index is 13.2. The Bertz CT molecular complexity index is 2630. The van der Waals surface area contributed by atoms with Crippen LogP contribution in [0.4, 0.5) is 28.4 Å². The van der Waals surface area contributed by atoms with E-state index in [4.69, 9.17) is 5.73 Å². The summed E-state index contributed by atoms with van der Waals surface area (Å²) >= 11 is 0. The third kappa shape index (κ3) is 8.50. The van der Waals surface area contributed by atoms with Gasteiger partial charge in [-0.25, -0.2) is 0 Å². The van der Waals surface area contributed by atoms with E-state index < -0.39 is 41.5 Å². The molecule has 0 fully saturated rings. The number of hydrogen-bond donors (Lipinski definition) is 3. The van der Waals surface area contributed by atoms with Crippen LogP contribution in [0.15, 0.2) is 121 Å². The summed E-state index contributed by atoms with van der Waals surface area (Å²) in [6, 6.07) is 22.9. The molecule has 0 amide bonds. The fourth-order valence-electron chi connectivity index (χ4n) is 5.27. The van der Waals surface area contributed by atoms with Gasteiger partial charge >= 0.3 is 59.1 Å². The number of nitrogens with zero attached hydrogens (tertiary/aromatic N) is 4. The maximum Gasteiger partial charge on any atom is 1.00 e. The van der Waals surface area contributed by atoms with Crippen molar-refractivity contribution >= 4 is 70.2 Å². The van der Waals surface area contributed by atoms with Crippen molar-refractivity contribution in [1.29, 1.82) is 0 Å². The third-order valence-electron chi connectivity index (χ3n) is 7.80. The van der Waals surface area contributed by atoms with Crippen LogP contribution in [0.2, 0.25) is 0 Å². The Balaban J connectivity index is 0.00000292. The summed E-state index contributed by atoms with van der Waals surface area (Å²) in [4.78, 5) is -1.44. The van der Waals surface area contributed by atoms with Gasteiger partial charge in [-0.15, -0.1) is 5.11 Å². The quantitative estimate of drug-likeness (QED) is 0.0927. The van der Waals surface area contributed by atoms with Gasteiger partial charge in [0.15, 0.2) is 0 Å². The van der Waals surface area contributed by atoms with Crippen molar-refractivity contribution in [2.45, 2.75) is 23.6 Å². The molecular formula is C34H25N5Na2O8S2. The molecule has 0 aromatic heterocycles. The average Bonchev–Trinajstić information content (AvgIpc) is 3.03. The largest absolute Gasteiger partial charge is 1.00 e. The van der Waals surface area contributed by atoms with Gasteiger partial charge in [0.05, 0.1) is 27.6 Å². The first-order chi connectivity index (χ1) is 23.1. The number of fused-ring (bicyclic) bond motifs is 2. The molecule has 248 valence electrons. The fourth-order valence-corrected chi connectivity index (χ4v) is 6.44. The number of aryl methyl sites for hydroxylation is 2. The molecule has 0 bridgehead atoms. The number of nitrogen functional groups attached to an aromatic ring is 1. The van der Waals surface area contributed by atoms with E-state index in [2.05, 4.69) is 20.5 Å². The van der Waals surface area contributed by atoms with E-state index in [0.717, 1.165) is 46.3 Å². The Morgan fingerprint density at radius 2 is 1.16 bits per heavy atom. The fraction of sp³-hybridized carbons (Fsp3) is 0.0588. The van der Waals surface area contributed by atoms with Crippen molar-refractivity contribution < 1.29 is 95.3 Å². The molecule has 51 heavy (non-hydrogen) atoms. The predicted molar refractivity (Wildman–Crippen MR) is 181 cm³/mol. The van der Waals surface area contributed by atoms with E-state index in [9.17, 15) is 36.2 Å². The van der Waals surface area contributed by atoms with Gasteiger partial charge in [-0.05, 0) is 107 Å². The Labute approximate surface area is 337 Å². The zero-order valence-corrected chi connectivity index (χ0v) is 33.3. The molecule has 0 saturated heterocycles. The molecule has 0 aliphatic heterocycles.